The van der Waals surface area contributed by atoms with Crippen molar-refractivity contribution in [2.45, 2.75) is 0 Å². The van der Waals surface area contributed by atoms with Crippen LogP contribution >= 0.6 is 0 Å². The van der Waals surface area contributed by atoms with Gasteiger partial charge in [-0.25, -0.2) is 4.98 Å². The van der Waals surface area contributed by atoms with Crippen LogP contribution in [0.3, 0.4) is 0 Å². The van der Waals surface area contributed by atoms with Crippen LogP contribution in [-0.4, -0.2) is 25.1 Å². The first-order chi connectivity index (χ1) is 6.27. The molecule has 1 heterocycles. The molecule has 0 amide bonds. The largest absolute Gasteiger partial charge is 0.372 e. The Hall–Kier alpha value is -1.60. The summed E-state index contributed by atoms with van der Waals surface area (Å²) in [6.07, 6.45) is 1.67. The molecule has 0 spiro atoms. The van der Waals surface area contributed by atoms with E-state index in [-0.39, 0.29) is 0 Å². The normalized spacial score (nSPS) is 9.31. The molecule has 0 saturated carbocycles. The molecule has 2 N–H and O–H groups in total. The van der Waals surface area contributed by atoms with Crippen molar-refractivity contribution in [3.05, 3.63) is 24.0 Å². The Morgan fingerprint density at radius 2 is 2.38 bits per heavy atom. The summed E-state index contributed by atoms with van der Waals surface area (Å²) in [5, 5.41) is 8.52. The Labute approximate surface area is 77.6 Å². The second-order valence-electron chi connectivity index (χ2n) is 2.72. The van der Waals surface area contributed by atoms with Crippen molar-refractivity contribution in [1.29, 1.82) is 5.26 Å². The lowest BCUT2D eigenvalue weighted by Crippen LogP contribution is -2.24. The highest BCUT2D eigenvalue weighted by atomic mass is 15.1. The zero-order valence-electron chi connectivity index (χ0n) is 7.57. The highest BCUT2D eigenvalue weighted by Crippen LogP contribution is 2.09. The molecular formula is C9H12N4. The molecule has 68 valence electrons. The lowest BCUT2D eigenvalue weighted by Gasteiger charge is -2.17. The van der Waals surface area contributed by atoms with Crippen LogP contribution in [0.1, 0.15) is 5.69 Å². The molecule has 0 bridgehead atoms. The fraction of sp³-hybridized carbons (Fsp3) is 0.333. The van der Waals surface area contributed by atoms with Crippen LogP contribution in [-0.2, 0) is 0 Å². The minimum absolute atomic E-state index is 0.435. The smallest absolute Gasteiger partial charge is 0.140 e. The van der Waals surface area contributed by atoms with Gasteiger partial charge in [-0.05, 0) is 12.1 Å². The summed E-state index contributed by atoms with van der Waals surface area (Å²) in [6.45, 7) is 1.39. The molecule has 1 rings (SSSR count). The molecule has 0 saturated heterocycles. The van der Waals surface area contributed by atoms with Gasteiger partial charge in [-0.15, -0.1) is 0 Å². The van der Waals surface area contributed by atoms with E-state index < -0.39 is 0 Å². The topological polar surface area (TPSA) is 65.9 Å². The van der Waals surface area contributed by atoms with Gasteiger partial charge in [0.2, 0.25) is 0 Å². The minimum atomic E-state index is 0.435. The first-order valence-corrected chi connectivity index (χ1v) is 4.05. The summed E-state index contributed by atoms with van der Waals surface area (Å²) in [6, 6.07) is 5.53. The van der Waals surface area contributed by atoms with E-state index in [2.05, 4.69) is 4.98 Å². The van der Waals surface area contributed by atoms with E-state index in [9.17, 15) is 0 Å². The lowest BCUT2D eigenvalue weighted by molar-refractivity contribution is 0.882. The molecule has 0 radical (unpaired) electrons. The molecule has 1 aromatic rings. The Balaban J connectivity index is 2.75. The summed E-state index contributed by atoms with van der Waals surface area (Å²) in [5.41, 5.74) is 6.82. The number of anilines is 1. The fourth-order valence-electron chi connectivity index (χ4n) is 1.00. The third-order valence-electron chi connectivity index (χ3n) is 1.77. The van der Waals surface area contributed by atoms with Gasteiger partial charge >= 0.3 is 0 Å². The van der Waals surface area contributed by atoms with E-state index in [0.29, 0.717) is 12.2 Å². The monoisotopic (exact) mass is 176 g/mol. The molecular weight excluding hydrogens is 164 g/mol. The number of rotatable bonds is 3. The van der Waals surface area contributed by atoms with Crippen molar-refractivity contribution < 1.29 is 0 Å². The molecule has 0 atom stereocenters. The van der Waals surface area contributed by atoms with Gasteiger partial charge in [0.1, 0.15) is 11.8 Å². The molecule has 1 aromatic heterocycles. The van der Waals surface area contributed by atoms with E-state index >= 15 is 0 Å². The SMILES string of the molecule is CN(CCN)c1ccc(C#N)nc1. The molecule has 0 fully saturated rings. The second-order valence-corrected chi connectivity index (χ2v) is 2.72. The van der Waals surface area contributed by atoms with Crippen LogP contribution in [0.25, 0.3) is 0 Å². The summed E-state index contributed by atoms with van der Waals surface area (Å²) in [5.74, 6) is 0. The quantitative estimate of drug-likeness (QED) is 0.721. The maximum Gasteiger partial charge on any atom is 0.140 e. The van der Waals surface area contributed by atoms with Crippen LogP contribution in [0.2, 0.25) is 0 Å². The number of hydrogen-bond acceptors (Lipinski definition) is 4. The van der Waals surface area contributed by atoms with E-state index in [0.717, 1.165) is 12.2 Å². The van der Waals surface area contributed by atoms with Gasteiger partial charge in [0.25, 0.3) is 0 Å². The first-order valence-electron chi connectivity index (χ1n) is 4.05. The molecule has 4 nitrogen and oxygen atoms in total. The highest BCUT2D eigenvalue weighted by Gasteiger charge is 1.99. The van der Waals surface area contributed by atoms with Gasteiger partial charge in [-0.1, -0.05) is 0 Å². The Kier molecular flexibility index (Phi) is 3.23. The molecule has 13 heavy (non-hydrogen) atoms. The zero-order valence-corrected chi connectivity index (χ0v) is 7.57. The average molecular weight is 176 g/mol. The molecule has 4 heteroatoms. The third kappa shape index (κ3) is 2.42. The predicted molar refractivity (Wildman–Crippen MR) is 51.3 cm³/mol. The van der Waals surface area contributed by atoms with E-state index in [1.165, 1.54) is 0 Å². The van der Waals surface area contributed by atoms with E-state index in [1.807, 2.05) is 24.1 Å². The van der Waals surface area contributed by atoms with E-state index in [4.69, 9.17) is 11.0 Å². The van der Waals surface area contributed by atoms with Crippen LogP contribution in [0, 0.1) is 11.3 Å². The van der Waals surface area contributed by atoms with Crippen molar-refractivity contribution in [3.8, 4) is 6.07 Å². The number of nitrogens with two attached hydrogens (primary N) is 1. The number of hydrogen-bond donors (Lipinski definition) is 1. The van der Waals surface area contributed by atoms with Crippen molar-refractivity contribution in [1.82, 2.24) is 4.98 Å². The second kappa shape index (κ2) is 4.43. The van der Waals surface area contributed by atoms with Crippen molar-refractivity contribution in [2.24, 2.45) is 5.73 Å². The summed E-state index contributed by atoms with van der Waals surface area (Å²) < 4.78 is 0. The van der Waals surface area contributed by atoms with Gasteiger partial charge in [0.05, 0.1) is 11.9 Å². The maximum absolute atomic E-state index is 8.52. The molecule has 0 aliphatic carbocycles. The maximum atomic E-state index is 8.52. The number of nitrogens with zero attached hydrogens (tertiary/aromatic N) is 3. The van der Waals surface area contributed by atoms with Crippen molar-refractivity contribution in [3.63, 3.8) is 0 Å². The number of nitriles is 1. The van der Waals surface area contributed by atoms with Gasteiger partial charge in [-0.3, -0.25) is 0 Å². The molecule has 0 aromatic carbocycles. The number of aromatic nitrogens is 1. The van der Waals surface area contributed by atoms with Crippen molar-refractivity contribution >= 4 is 5.69 Å². The van der Waals surface area contributed by atoms with Crippen molar-refractivity contribution in [2.75, 3.05) is 25.0 Å². The first kappa shape index (κ1) is 9.49. The van der Waals surface area contributed by atoms with Crippen LogP contribution in [0.5, 0.6) is 0 Å². The average Bonchev–Trinajstić information content (AvgIpc) is 2.18. The van der Waals surface area contributed by atoms with Crippen LogP contribution in [0.15, 0.2) is 18.3 Å². The molecule has 0 unspecified atom stereocenters. The third-order valence-corrected chi connectivity index (χ3v) is 1.77. The standard InChI is InChI=1S/C9H12N4/c1-13(5-4-10)9-3-2-8(6-11)12-7-9/h2-3,7H,4-5,10H2,1H3. The Bertz CT molecular complexity index is 298. The number of likely N-dealkylation sites (N-methyl/N-ethyl adjacent to an activating group) is 1. The lowest BCUT2D eigenvalue weighted by atomic mass is 10.3. The van der Waals surface area contributed by atoms with Crippen LogP contribution < -0.4 is 10.6 Å². The minimum Gasteiger partial charge on any atom is -0.372 e. The van der Waals surface area contributed by atoms with Crippen LogP contribution in [0.4, 0.5) is 5.69 Å². The van der Waals surface area contributed by atoms with Gasteiger partial charge in [0.15, 0.2) is 0 Å². The summed E-state index contributed by atoms with van der Waals surface area (Å²) >= 11 is 0. The Morgan fingerprint density at radius 1 is 1.62 bits per heavy atom. The molecule has 0 aliphatic heterocycles. The zero-order chi connectivity index (χ0) is 9.68. The van der Waals surface area contributed by atoms with Gasteiger partial charge < -0.3 is 10.6 Å². The van der Waals surface area contributed by atoms with E-state index in [1.54, 1.807) is 12.3 Å². The van der Waals surface area contributed by atoms with Gasteiger partial charge in [0, 0.05) is 20.1 Å². The summed E-state index contributed by atoms with van der Waals surface area (Å²) in [4.78, 5) is 5.95. The fourth-order valence-corrected chi connectivity index (χ4v) is 1.00. The predicted octanol–water partition coefficient (Wildman–Crippen LogP) is 0.348. The Morgan fingerprint density at radius 3 is 2.85 bits per heavy atom. The highest BCUT2D eigenvalue weighted by molar-refractivity contribution is 5.44. The molecule has 0 aliphatic rings. The number of pyridine rings is 1. The summed E-state index contributed by atoms with van der Waals surface area (Å²) in [7, 11) is 1.94. The van der Waals surface area contributed by atoms with Gasteiger partial charge in [-0.2, -0.15) is 5.26 Å².